The van der Waals surface area contributed by atoms with E-state index >= 15 is 0 Å². The van der Waals surface area contributed by atoms with Gasteiger partial charge in [-0.2, -0.15) is 0 Å². The first-order valence-corrected chi connectivity index (χ1v) is 11.4. The number of anilines is 2. The highest BCUT2D eigenvalue weighted by Gasteiger charge is 2.34. The molecule has 1 aliphatic rings. The molecular weight excluding hydrogens is 451 g/mol. The van der Waals surface area contributed by atoms with Crippen LogP contribution in [-0.2, 0) is 14.8 Å². The molecule has 0 bridgehead atoms. The monoisotopic (exact) mass is 472 g/mol. The number of methoxy groups -OCH3 is 1. The van der Waals surface area contributed by atoms with Gasteiger partial charge < -0.3 is 19.5 Å². The maximum atomic E-state index is 13.2. The minimum absolute atomic E-state index is 0.0961. The molecule has 0 saturated carbocycles. The van der Waals surface area contributed by atoms with Gasteiger partial charge >= 0.3 is 0 Å². The number of fused-ring (bicyclic) bond motifs is 1. The van der Waals surface area contributed by atoms with Crippen molar-refractivity contribution in [2.75, 3.05) is 17.1 Å². The van der Waals surface area contributed by atoms with Crippen molar-refractivity contribution in [1.29, 1.82) is 0 Å². The zero-order valence-corrected chi connectivity index (χ0v) is 18.6. The maximum absolute atomic E-state index is 13.2. The molecule has 2 atom stereocenters. The minimum atomic E-state index is -4.02. The van der Waals surface area contributed by atoms with Gasteiger partial charge in [0, 0.05) is 5.69 Å². The average molecular weight is 472 g/mol. The molecule has 2 N–H and O–H groups in total. The fraction of sp³-hybridized carbons (Fsp3) is 0.174. The van der Waals surface area contributed by atoms with Crippen LogP contribution in [0.1, 0.15) is 6.92 Å². The van der Waals surface area contributed by atoms with E-state index in [-0.39, 0.29) is 16.3 Å². The number of ether oxygens (including phenoxy) is 3. The number of hydrogen-bond donors (Lipinski definition) is 2. The van der Waals surface area contributed by atoms with E-state index in [1.807, 2.05) is 0 Å². The summed E-state index contributed by atoms with van der Waals surface area (Å²) in [5.74, 6) is 0.226. The van der Waals surface area contributed by atoms with Gasteiger partial charge in [-0.15, -0.1) is 0 Å². The van der Waals surface area contributed by atoms with Crippen molar-refractivity contribution in [3.05, 3.63) is 72.5 Å². The number of carbonyl (C=O) groups excluding carboxylic acids is 1. The van der Waals surface area contributed by atoms with Gasteiger partial charge in [0.2, 0.25) is 6.10 Å². The first-order chi connectivity index (χ1) is 15.8. The number of benzene rings is 3. The van der Waals surface area contributed by atoms with E-state index < -0.39 is 34.0 Å². The van der Waals surface area contributed by atoms with Crippen molar-refractivity contribution in [3.8, 4) is 17.2 Å². The van der Waals surface area contributed by atoms with Gasteiger partial charge in [-0.1, -0.05) is 12.1 Å². The van der Waals surface area contributed by atoms with Crippen molar-refractivity contribution >= 4 is 27.3 Å². The van der Waals surface area contributed by atoms with Crippen molar-refractivity contribution < 1.29 is 31.8 Å². The zero-order valence-electron chi connectivity index (χ0n) is 17.7. The lowest BCUT2D eigenvalue weighted by Crippen LogP contribution is -2.46. The molecule has 172 valence electrons. The number of sulfonamides is 1. The number of amides is 1. The van der Waals surface area contributed by atoms with Crippen LogP contribution < -0.4 is 24.2 Å². The molecule has 1 heterocycles. The first kappa shape index (κ1) is 22.4. The Morgan fingerprint density at radius 1 is 1.00 bits per heavy atom. The Morgan fingerprint density at radius 3 is 2.33 bits per heavy atom. The lowest BCUT2D eigenvalue weighted by atomic mass is 10.1. The second-order valence-corrected chi connectivity index (χ2v) is 8.95. The summed E-state index contributed by atoms with van der Waals surface area (Å²) in [5, 5.41) is 2.71. The predicted molar refractivity (Wildman–Crippen MR) is 120 cm³/mol. The second-order valence-electron chi connectivity index (χ2n) is 7.27. The molecule has 0 unspecified atom stereocenters. The molecule has 3 aromatic rings. The first-order valence-electron chi connectivity index (χ1n) is 9.96. The Hall–Kier alpha value is -3.79. The van der Waals surface area contributed by atoms with Crippen molar-refractivity contribution in [2.45, 2.75) is 24.0 Å². The van der Waals surface area contributed by atoms with E-state index in [1.165, 1.54) is 19.2 Å². The van der Waals surface area contributed by atoms with Gasteiger partial charge in [-0.05, 0) is 61.5 Å². The molecule has 1 aliphatic heterocycles. The largest absolute Gasteiger partial charge is 0.495 e. The molecule has 0 saturated heterocycles. The van der Waals surface area contributed by atoms with Crippen LogP contribution in [0.2, 0.25) is 0 Å². The van der Waals surface area contributed by atoms with Crippen molar-refractivity contribution in [1.82, 2.24) is 0 Å². The van der Waals surface area contributed by atoms with Gasteiger partial charge in [0.1, 0.15) is 17.7 Å². The molecule has 0 spiro atoms. The fourth-order valence-electron chi connectivity index (χ4n) is 3.30. The number of nitrogens with one attached hydrogen (secondary N) is 2. The number of halogens is 1. The predicted octanol–water partition coefficient (Wildman–Crippen LogP) is 3.80. The Morgan fingerprint density at radius 2 is 1.67 bits per heavy atom. The highest BCUT2D eigenvalue weighted by Crippen LogP contribution is 2.34. The van der Waals surface area contributed by atoms with Crippen LogP contribution in [0.4, 0.5) is 15.8 Å². The molecule has 33 heavy (non-hydrogen) atoms. The summed E-state index contributed by atoms with van der Waals surface area (Å²) < 4.78 is 57.8. The van der Waals surface area contributed by atoms with Crippen LogP contribution in [0.5, 0.6) is 17.2 Å². The number of rotatable bonds is 6. The molecule has 0 aromatic heterocycles. The van der Waals surface area contributed by atoms with Gasteiger partial charge in [0.05, 0.1) is 17.7 Å². The SMILES string of the molecule is COc1ccc(NC(=O)[C@@H]2Oc3ccccc3O[C@@H]2C)cc1NS(=O)(=O)c1ccc(F)cc1. The van der Waals surface area contributed by atoms with Crippen molar-refractivity contribution in [3.63, 3.8) is 0 Å². The highest BCUT2D eigenvalue weighted by molar-refractivity contribution is 7.92. The lowest BCUT2D eigenvalue weighted by molar-refractivity contribution is -0.128. The molecule has 3 aromatic carbocycles. The van der Waals surface area contributed by atoms with E-state index in [0.29, 0.717) is 17.2 Å². The summed E-state index contributed by atoms with van der Waals surface area (Å²) in [6.07, 6.45) is -1.46. The van der Waals surface area contributed by atoms with E-state index in [0.717, 1.165) is 24.3 Å². The van der Waals surface area contributed by atoms with Crippen LogP contribution in [0.15, 0.2) is 71.6 Å². The quantitative estimate of drug-likeness (QED) is 0.566. The third-order valence-electron chi connectivity index (χ3n) is 4.94. The summed E-state index contributed by atoms with van der Waals surface area (Å²) in [6.45, 7) is 1.72. The topological polar surface area (TPSA) is 103 Å². The number of hydrogen-bond acceptors (Lipinski definition) is 6. The summed E-state index contributed by atoms with van der Waals surface area (Å²) in [7, 11) is -2.64. The molecule has 0 fully saturated rings. The lowest BCUT2D eigenvalue weighted by Gasteiger charge is -2.31. The van der Waals surface area contributed by atoms with Gasteiger partial charge in [0.25, 0.3) is 15.9 Å². The molecule has 8 nitrogen and oxygen atoms in total. The van der Waals surface area contributed by atoms with E-state index in [1.54, 1.807) is 37.3 Å². The Bertz CT molecular complexity index is 1280. The Kier molecular flexibility index (Phi) is 6.10. The number of para-hydroxylation sites is 2. The van der Waals surface area contributed by atoms with Crippen LogP contribution in [0.25, 0.3) is 0 Å². The molecule has 0 aliphatic carbocycles. The van der Waals surface area contributed by atoms with Crippen LogP contribution in [-0.4, -0.2) is 33.6 Å². The van der Waals surface area contributed by atoms with Crippen LogP contribution in [0.3, 0.4) is 0 Å². The van der Waals surface area contributed by atoms with E-state index in [2.05, 4.69) is 10.0 Å². The standard InChI is InChI=1S/C23H21FN2O6S/c1-14-22(32-21-6-4-3-5-20(21)31-14)23(27)25-16-9-12-19(30-2)18(13-16)26-33(28,29)17-10-7-15(24)8-11-17/h3-14,22,26H,1-2H3,(H,25,27)/t14-,22-/m1/s1. The molecular formula is C23H21FN2O6S. The highest BCUT2D eigenvalue weighted by atomic mass is 32.2. The zero-order chi connectivity index (χ0) is 23.6. The Labute approximate surface area is 190 Å². The summed E-state index contributed by atoms with van der Waals surface area (Å²) >= 11 is 0. The van der Waals surface area contributed by atoms with Crippen LogP contribution >= 0.6 is 0 Å². The van der Waals surface area contributed by atoms with Gasteiger partial charge in [0.15, 0.2) is 11.5 Å². The number of carbonyl (C=O) groups is 1. The molecule has 10 heteroatoms. The third-order valence-corrected chi connectivity index (χ3v) is 6.32. The molecule has 0 radical (unpaired) electrons. The fourth-order valence-corrected chi connectivity index (χ4v) is 4.36. The molecule has 4 rings (SSSR count). The minimum Gasteiger partial charge on any atom is -0.495 e. The van der Waals surface area contributed by atoms with E-state index in [4.69, 9.17) is 14.2 Å². The Balaban J connectivity index is 1.54. The molecule has 1 amide bonds. The third kappa shape index (κ3) is 4.85. The van der Waals surface area contributed by atoms with Gasteiger partial charge in [-0.25, -0.2) is 12.8 Å². The van der Waals surface area contributed by atoms with Crippen molar-refractivity contribution in [2.24, 2.45) is 0 Å². The smallest absolute Gasteiger partial charge is 0.269 e. The van der Waals surface area contributed by atoms with Gasteiger partial charge in [-0.3, -0.25) is 9.52 Å². The van der Waals surface area contributed by atoms with Crippen LogP contribution in [0, 0.1) is 5.82 Å². The normalized spacial score (nSPS) is 17.2. The second kappa shape index (κ2) is 8.99. The summed E-state index contributed by atoms with van der Waals surface area (Å²) in [5.41, 5.74) is 0.408. The maximum Gasteiger partial charge on any atom is 0.269 e. The summed E-state index contributed by atoms with van der Waals surface area (Å²) in [4.78, 5) is 12.7. The van der Waals surface area contributed by atoms with E-state index in [9.17, 15) is 17.6 Å². The summed E-state index contributed by atoms with van der Waals surface area (Å²) in [6, 6.07) is 15.9. The average Bonchev–Trinajstić information content (AvgIpc) is 2.79.